The number of alkyl halides is 2. The molecule has 0 unspecified atom stereocenters. The first kappa shape index (κ1) is 22.3. The fourth-order valence-electron chi connectivity index (χ4n) is 2.39. The summed E-state index contributed by atoms with van der Waals surface area (Å²) in [6, 6.07) is 1.95. The van der Waals surface area contributed by atoms with E-state index in [1.165, 1.54) is 22.4 Å². The number of rotatable bonds is 4. The van der Waals surface area contributed by atoms with E-state index in [9.17, 15) is 13.6 Å². The summed E-state index contributed by atoms with van der Waals surface area (Å²) in [7, 11) is 1.57. The van der Waals surface area contributed by atoms with E-state index in [2.05, 4.69) is 18.9 Å². The van der Waals surface area contributed by atoms with Crippen molar-refractivity contribution in [1.82, 2.24) is 9.78 Å². The number of carbonyl (C=O) groups is 1. The fourth-order valence-corrected chi connectivity index (χ4v) is 3.02. The molecule has 0 aliphatic heterocycles. The molecule has 0 aromatic carbocycles. The molecule has 0 radical (unpaired) electrons. The van der Waals surface area contributed by atoms with Crippen molar-refractivity contribution in [2.24, 2.45) is 7.05 Å². The maximum absolute atomic E-state index is 13.2. The van der Waals surface area contributed by atoms with Crippen molar-refractivity contribution in [3.05, 3.63) is 33.8 Å². The van der Waals surface area contributed by atoms with Crippen molar-refractivity contribution in [2.45, 2.75) is 66.3 Å². The number of nitrogens with zero attached hydrogens (tertiary/aromatic N) is 3. The monoisotopic (exact) mass is 385 g/mol. The van der Waals surface area contributed by atoms with E-state index in [1.54, 1.807) is 18.9 Å². The van der Waals surface area contributed by atoms with Crippen molar-refractivity contribution >= 4 is 22.9 Å². The molecule has 0 spiro atoms. The summed E-state index contributed by atoms with van der Waals surface area (Å²) in [5, 5.41) is 7.54. The van der Waals surface area contributed by atoms with Crippen molar-refractivity contribution in [1.29, 1.82) is 0 Å². The second-order valence-corrected chi connectivity index (χ2v) is 6.64. The Kier molecular flexibility index (Phi) is 8.92. The maximum atomic E-state index is 13.2. The SMILES string of the molecule is CC.CCC.Cc1c(C(=O)N(c2ccsc2)C2CC2)c(C(F)F)nn1C. The van der Waals surface area contributed by atoms with Crippen molar-refractivity contribution < 1.29 is 13.6 Å². The molecule has 2 aromatic heterocycles. The molecule has 1 aliphatic carbocycles. The molecule has 2 heterocycles. The Labute approximate surface area is 158 Å². The zero-order chi connectivity index (χ0) is 19.9. The highest BCUT2D eigenvalue weighted by Crippen LogP contribution is 2.36. The van der Waals surface area contributed by atoms with Crippen molar-refractivity contribution in [3.63, 3.8) is 0 Å². The Morgan fingerprint density at radius 3 is 2.38 bits per heavy atom. The van der Waals surface area contributed by atoms with Gasteiger partial charge in [0.15, 0.2) is 0 Å². The van der Waals surface area contributed by atoms with Crippen LogP contribution < -0.4 is 4.90 Å². The summed E-state index contributed by atoms with van der Waals surface area (Å²) >= 11 is 1.48. The highest BCUT2D eigenvalue weighted by molar-refractivity contribution is 7.08. The maximum Gasteiger partial charge on any atom is 0.282 e. The van der Waals surface area contributed by atoms with Crippen molar-refractivity contribution in [2.75, 3.05) is 4.90 Å². The molecule has 4 nitrogen and oxygen atoms in total. The van der Waals surface area contributed by atoms with E-state index in [1.807, 2.05) is 30.7 Å². The molecule has 0 saturated heterocycles. The Hall–Kier alpha value is -1.76. The third kappa shape index (κ3) is 5.13. The van der Waals surface area contributed by atoms with E-state index >= 15 is 0 Å². The van der Waals surface area contributed by atoms with Gasteiger partial charge in [-0.15, -0.1) is 0 Å². The summed E-state index contributed by atoms with van der Waals surface area (Å²) in [6.07, 6.45) is 0.308. The quantitative estimate of drug-likeness (QED) is 0.649. The molecule has 26 heavy (non-hydrogen) atoms. The molecule has 1 amide bonds. The third-order valence-electron chi connectivity index (χ3n) is 3.70. The molecule has 1 aliphatic rings. The minimum Gasteiger partial charge on any atom is -0.304 e. The van der Waals surface area contributed by atoms with Crippen LogP contribution in [-0.4, -0.2) is 21.7 Å². The number of carbonyl (C=O) groups excluding carboxylic acids is 1. The predicted molar refractivity (Wildman–Crippen MR) is 104 cm³/mol. The van der Waals surface area contributed by atoms with Gasteiger partial charge in [-0.05, 0) is 31.2 Å². The van der Waals surface area contributed by atoms with E-state index in [-0.39, 0.29) is 17.5 Å². The Balaban J connectivity index is 0.000000615. The van der Waals surface area contributed by atoms with E-state index in [0.29, 0.717) is 5.69 Å². The van der Waals surface area contributed by atoms with Gasteiger partial charge in [0, 0.05) is 24.2 Å². The first-order valence-corrected chi connectivity index (χ1v) is 10.0. The fraction of sp³-hybridized carbons (Fsp3) is 0.579. The molecule has 1 fully saturated rings. The molecule has 7 heteroatoms. The van der Waals surface area contributed by atoms with Gasteiger partial charge in [-0.2, -0.15) is 16.4 Å². The van der Waals surface area contributed by atoms with Gasteiger partial charge in [-0.1, -0.05) is 34.1 Å². The largest absolute Gasteiger partial charge is 0.304 e. The van der Waals surface area contributed by atoms with E-state index in [0.717, 1.165) is 18.5 Å². The summed E-state index contributed by atoms with van der Waals surface area (Å²) in [4.78, 5) is 14.5. The van der Waals surface area contributed by atoms with Gasteiger partial charge in [-0.25, -0.2) is 8.78 Å². The van der Waals surface area contributed by atoms with E-state index < -0.39 is 12.1 Å². The summed E-state index contributed by atoms with van der Waals surface area (Å²) < 4.78 is 27.7. The van der Waals surface area contributed by atoms with Gasteiger partial charge in [0.25, 0.3) is 12.3 Å². The molecule has 0 N–H and O–H groups in total. The van der Waals surface area contributed by atoms with Gasteiger partial charge in [0.1, 0.15) is 5.69 Å². The van der Waals surface area contributed by atoms with Gasteiger partial charge < -0.3 is 4.90 Å². The standard InChI is InChI=1S/C14H15F2N3OS.C3H8.C2H6/c1-8-11(12(13(15)16)17-18(8)2)14(20)19(9-3-4-9)10-5-6-21-7-10;1-3-2;1-2/h5-7,9,13H,3-4H2,1-2H3;3H2,1-2H3;1-2H3. The van der Waals surface area contributed by atoms with Gasteiger partial charge in [0.05, 0.1) is 11.3 Å². The number of aromatic nitrogens is 2. The van der Waals surface area contributed by atoms with Crippen LogP contribution in [0.4, 0.5) is 14.5 Å². The van der Waals surface area contributed by atoms with Crippen LogP contribution in [0.15, 0.2) is 16.8 Å². The molecule has 1 saturated carbocycles. The molecule has 2 aromatic rings. The molecule has 0 atom stereocenters. The van der Waals surface area contributed by atoms with Crippen LogP contribution >= 0.6 is 11.3 Å². The number of thiophene rings is 1. The summed E-state index contributed by atoms with van der Waals surface area (Å²) in [6.45, 7) is 9.89. The zero-order valence-corrected chi connectivity index (χ0v) is 17.2. The number of hydrogen-bond donors (Lipinski definition) is 0. The first-order valence-electron chi connectivity index (χ1n) is 9.09. The lowest BCUT2D eigenvalue weighted by Crippen LogP contribution is -2.33. The van der Waals surface area contributed by atoms with Crippen LogP contribution in [0, 0.1) is 6.92 Å². The predicted octanol–water partition coefficient (Wildman–Crippen LogP) is 5.98. The zero-order valence-electron chi connectivity index (χ0n) is 16.4. The molecular formula is C19H29F2N3OS. The lowest BCUT2D eigenvalue weighted by Gasteiger charge is -2.21. The number of hydrogen-bond acceptors (Lipinski definition) is 3. The van der Waals surface area contributed by atoms with Crippen LogP contribution in [0.2, 0.25) is 0 Å². The molecular weight excluding hydrogens is 356 g/mol. The summed E-state index contributed by atoms with van der Waals surface area (Å²) in [5.41, 5.74) is 0.846. The normalized spacial score (nSPS) is 12.8. The Morgan fingerprint density at radius 2 is 1.96 bits per heavy atom. The van der Waals surface area contributed by atoms with Crippen molar-refractivity contribution in [3.8, 4) is 0 Å². The van der Waals surface area contributed by atoms with Gasteiger partial charge in [0.2, 0.25) is 0 Å². The Bertz CT molecular complexity index is 679. The van der Waals surface area contributed by atoms with Crippen LogP contribution in [0.3, 0.4) is 0 Å². The second-order valence-electron chi connectivity index (χ2n) is 5.86. The smallest absolute Gasteiger partial charge is 0.282 e. The van der Waals surface area contributed by atoms with Crippen LogP contribution in [0.1, 0.15) is 75.1 Å². The first-order chi connectivity index (χ1) is 12.4. The lowest BCUT2D eigenvalue weighted by atomic mass is 10.1. The number of aryl methyl sites for hydroxylation is 1. The van der Waals surface area contributed by atoms with Gasteiger partial charge in [-0.3, -0.25) is 9.48 Å². The van der Waals surface area contributed by atoms with Crippen LogP contribution in [0.5, 0.6) is 0 Å². The van der Waals surface area contributed by atoms with Crippen LogP contribution in [-0.2, 0) is 7.05 Å². The second kappa shape index (κ2) is 10.4. The number of amides is 1. The number of anilines is 1. The molecule has 0 bridgehead atoms. The topological polar surface area (TPSA) is 38.1 Å². The Morgan fingerprint density at radius 1 is 1.38 bits per heavy atom. The number of halogens is 2. The average molecular weight is 386 g/mol. The lowest BCUT2D eigenvalue weighted by molar-refractivity contribution is 0.0969. The van der Waals surface area contributed by atoms with Gasteiger partial charge >= 0.3 is 0 Å². The minimum absolute atomic E-state index is 0.0330. The third-order valence-corrected chi connectivity index (χ3v) is 4.37. The highest BCUT2D eigenvalue weighted by Gasteiger charge is 2.38. The minimum atomic E-state index is -2.76. The average Bonchev–Trinajstić information content (AvgIpc) is 3.19. The highest BCUT2D eigenvalue weighted by atomic mass is 32.1. The van der Waals surface area contributed by atoms with E-state index in [4.69, 9.17) is 0 Å². The summed E-state index contributed by atoms with van der Waals surface area (Å²) in [5.74, 6) is -0.378. The van der Waals surface area contributed by atoms with Crippen LogP contribution in [0.25, 0.3) is 0 Å². The molecule has 146 valence electrons. The molecule has 3 rings (SSSR count).